The number of hydrogen-bond donors (Lipinski definition) is 7. The van der Waals surface area contributed by atoms with E-state index in [0.717, 1.165) is 25.7 Å². The van der Waals surface area contributed by atoms with Crippen molar-refractivity contribution in [3.63, 3.8) is 0 Å². The molecule has 2 heterocycles. The topological polar surface area (TPSA) is 186 Å². The van der Waals surface area contributed by atoms with E-state index < -0.39 is 68.0 Å². The zero-order chi connectivity index (χ0) is 23.1. The number of aliphatic hydroxyl groups excluding tert-OH is 7. The third-order valence-corrected chi connectivity index (χ3v) is 5.80. The average Bonchev–Trinajstić information content (AvgIpc) is 2.76. The lowest BCUT2D eigenvalue weighted by molar-refractivity contribution is -0.375. The molecular weight excluding hydrogens is 416 g/mol. The van der Waals surface area contributed by atoms with E-state index in [4.69, 9.17) is 14.2 Å². The maximum atomic E-state index is 12.1. The van der Waals surface area contributed by atoms with E-state index >= 15 is 0 Å². The van der Waals surface area contributed by atoms with Gasteiger partial charge in [-0.15, -0.1) is 0 Å². The summed E-state index contributed by atoms with van der Waals surface area (Å²) < 4.78 is 16.1. The Morgan fingerprint density at radius 3 is 1.84 bits per heavy atom. The highest BCUT2D eigenvalue weighted by Gasteiger charge is 2.49. The minimum absolute atomic E-state index is 0.00100. The number of aliphatic hydroxyl groups is 7. The fraction of sp³-hybridized carbons (Fsp3) is 0.950. The number of ketones is 1. The number of ether oxygens (including phenoxy) is 3. The second-order valence-electron chi connectivity index (χ2n) is 8.24. The van der Waals surface area contributed by atoms with Gasteiger partial charge in [-0.2, -0.15) is 0 Å². The molecule has 2 saturated heterocycles. The molecule has 11 heteroatoms. The van der Waals surface area contributed by atoms with E-state index in [9.17, 15) is 40.5 Å². The maximum absolute atomic E-state index is 12.1. The predicted molar refractivity (Wildman–Crippen MR) is 105 cm³/mol. The molecule has 182 valence electrons. The van der Waals surface area contributed by atoms with Crippen molar-refractivity contribution < 1.29 is 54.8 Å². The molecule has 2 aliphatic rings. The van der Waals surface area contributed by atoms with E-state index in [2.05, 4.69) is 6.92 Å². The van der Waals surface area contributed by atoms with Crippen LogP contribution in [0, 0.1) is 0 Å². The van der Waals surface area contributed by atoms with Crippen molar-refractivity contribution >= 4 is 5.78 Å². The van der Waals surface area contributed by atoms with Gasteiger partial charge in [-0.25, -0.2) is 0 Å². The van der Waals surface area contributed by atoms with Crippen LogP contribution >= 0.6 is 0 Å². The largest absolute Gasteiger partial charge is 0.394 e. The standard InChI is InChI=1S/C20H36O11/c1-2-3-4-5-6-10(22)7-8-11-13(23)15(25)17(27)19(29-11)31-20-18(28)16(26)14(24)12(9-21)30-20/h11-21,23-28H,2-9H2,1H3/t11?,12?,13-,14-,15+,16?,17?,18-,19-,20-/m1/s1. The molecule has 0 spiro atoms. The Hall–Kier alpha value is -0.730. The van der Waals surface area contributed by atoms with Gasteiger partial charge in [-0.05, 0) is 12.8 Å². The zero-order valence-electron chi connectivity index (χ0n) is 17.7. The molecule has 0 saturated carbocycles. The number of rotatable bonds is 11. The molecule has 0 aliphatic carbocycles. The monoisotopic (exact) mass is 452 g/mol. The molecule has 7 N–H and O–H groups in total. The maximum Gasteiger partial charge on any atom is 0.189 e. The summed E-state index contributed by atoms with van der Waals surface area (Å²) in [7, 11) is 0. The Balaban J connectivity index is 1.94. The van der Waals surface area contributed by atoms with Crippen LogP contribution in [0.25, 0.3) is 0 Å². The smallest absolute Gasteiger partial charge is 0.189 e. The highest BCUT2D eigenvalue weighted by molar-refractivity contribution is 5.78. The molecule has 10 atom stereocenters. The molecule has 4 unspecified atom stereocenters. The first-order valence-electron chi connectivity index (χ1n) is 10.9. The minimum Gasteiger partial charge on any atom is -0.394 e. The van der Waals surface area contributed by atoms with Crippen molar-refractivity contribution in [1.29, 1.82) is 0 Å². The van der Waals surface area contributed by atoms with Gasteiger partial charge in [0.1, 0.15) is 48.5 Å². The summed E-state index contributed by atoms with van der Waals surface area (Å²) in [5, 5.41) is 69.6. The van der Waals surface area contributed by atoms with Gasteiger partial charge >= 0.3 is 0 Å². The third-order valence-electron chi connectivity index (χ3n) is 5.80. The molecule has 0 bridgehead atoms. The van der Waals surface area contributed by atoms with Crippen LogP contribution in [0.3, 0.4) is 0 Å². The molecule has 31 heavy (non-hydrogen) atoms. The fourth-order valence-corrected chi connectivity index (χ4v) is 3.76. The highest BCUT2D eigenvalue weighted by atomic mass is 16.8. The van der Waals surface area contributed by atoms with Gasteiger partial charge in [-0.3, -0.25) is 4.79 Å². The summed E-state index contributed by atoms with van der Waals surface area (Å²) in [4.78, 5) is 12.1. The van der Waals surface area contributed by atoms with Crippen LogP contribution in [0.5, 0.6) is 0 Å². The lowest BCUT2D eigenvalue weighted by Gasteiger charge is -2.44. The normalized spacial score (nSPS) is 41.3. The number of Topliss-reactive ketones (excluding diaryl/α,β-unsaturated/α-hetero) is 1. The molecule has 0 radical (unpaired) electrons. The zero-order valence-corrected chi connectivity index (χ0v) is 17.7. The van der Waals surface area contributed by atoms with Crippen LogP contribution in [-0.4, -0.2) is 110 Å². The first-order chi connectivity index (χ1) is 14.7. The van der Waals surface area contributed by atoms with Gasteiger partial charge in [0.2, 0.25) is 0 Å². The van der Waals surface area contributed by atoms with Crippen LogP contribution in [0.4, 0.5) is 0 Å². The van der Waals surface area contributed by atoms with Crippen LogP contribution < -0.4 is 0 Å². The number of carbonyl (C=O) groups excluding carboxylic acids is 1. The first-order valence-corrected chi connectivity index (χ1v) is 10.9. The Morgan fingerprint density at radius 1 is 0.742 bits per heavy atom. The lowest BCUT2D eigenvalue weighted by atomic mass is 9.94. The predicted octanol–water partition coefficient (Wildman–Crippen LogP) is -2.07. The van der Waals surface area contributed by atoms with Crippen molar-refractivity contribution in [1.82, 2.24) is 0 Å². The van der Waals surface area contributed by atoms with E-state index in [-0.39, 0.29) is 18.6 Å². The second-order valence-corrected chi connectivity index (χ2v) is 8.24. The molecule has 0 aromatic rings. The molecule has 2 fully saturated rings. The Bertz CT molecular complexity index is 545. The summed E-state index contributed by atoms with van der Waals surface area (Å²) in [5.41, 5.74) is 0. The fourth-order valence-electron chi connectivity index (χ4n) is 3.76. The van der Waals surface area contributed by atoms with Gasteiger partial charge in [0, 0.05) is 12.8 Å². The summed E-state index contributed by atoms with van der Waals surface area (Å²) in [6, 6.07) is 0. The highest BCUT2D eigenvalue weighted by Crippen LogP contribution is 2.29. The van der Waals surface area contributed by atoms with E-state index in [1.54, 1.807) is 0 Å². The van der Waals surface area contributed by atoms with E-state index in [1.165, 1.54) is 0 Å². The SMILES string of the molecule is CCCCCCC(=O)CCC1O[C@H](O[C@H]2OC(CO)[C@@H](O)C(O)[C@H]2O)C(O)[C@@H](O)[C@@H]1O. The second kappa shape index (κ2) is 12.5. The van der Waals surface area contributed by atoms with Crippen molar-refractivity contribution in [2.24, 2.45) is 0 Å². The van der Waals surface area contributed by atoms with Gasteiger partial charge in [0.15, 0.2) is 12.6 Å². The Kier molecular flexibility index (Phi) is 10.7. The molecule has 0 amide bonds. The Morgan fingerprint density at radius 2 is 1.29 bits per heavy atom. The summed E-state index contributed by atoms with van der Waals surface area (Å²) in [5.74, 6) is -0.00100. The van der Waals surface area contributed by atoms with Crippen molar-refractivity contribution in [2.45, 2.75) is 113 Å². The first kappa shape index (κ1) is 26.5. The van der Waals surface area contributed by atoms with Gasteiger partial charge in [0.05, 0.1) is 12.7 Å². The van der Waals surface area contributed by atoms with Crippen LogP contribution in [0.2, 0.25) is 0 Å². The third kappa shape index (κ3) is 6.87. The van der Waals surface area contributed by atoms with Gasteiger partial charge in [0.25, 0.3) is 0 Å². The number of hydrogen-bond acceptors (Lipinski definition) is 11. The number of unbranched alkanes of at least 4 members (excludes halogenated alkanes) is 3. The minimum atomic E-state index is -1.72. The van der Waals surface area contributed by atoms with Crippen molar-refractivity contribution in [3.05, 3.63) is 0 Å². The Labute approximate surface area is 181 Å². The van der Waals surface area contributed by atoms with E-state index in [1.807, 2.05) is 0 Å². The van der Waals surface area contributed by atoms with Crippen LogP contribution in [0.15, 0.2) is 0 Å². The van der Waals surface area contributed by atoms with Crippen LogP contribution in [0.1, 0.15) is 51.9 Å². The molecule has 0 aromatic heterocycles. The average molecular weight is 452 g/mol. The van der Waals surface area contributed by atoms with Gasteiger partial charge in [-0.1, -0.05) is 26.2 Å². The summed E-state index contributed by atoms with van der Waals surface area (Å²) in [6.07, 6.45) is -10.7. The van der Waals surface area contributed by atoms with Gasteiger partial charge < -0.3 is 50.0 Å². The summed E-state index contributed by atoms with van der Waals surface area (Å²) in [6.45, 7) is 1.41. The van der Waals surface area contributed by atoms with E-state index in [0.29, 0.717) is 6.42 Å². The number of carbonyl (C=O) groups is 1. The molecule has 0 aromatic carbocycles. The van der Waals surface area contributed by atoms with Crippen molar-refractivity contribution in [3.8, 4) is 0 Å². The molecule has 11 nitrogen and oxygen atoms in total. The quantitative estimate of drug-likeness (QED) is 0.171. The van der Waals surface area contributed by atoms with Crippen LogP contribution in [-0.2, 0) is 19.0 Å². The summed E-state index contributed by atoms with van der Waals surface area (Å²) >= 11 is 0. The molecule has 2 rings (SSSR count). The van der Waals surface area contributed by atoms with Crippen molar-refractivity contribution in [2.75, 3.05) is 6.61 Å². The molecule has 2 aliphatic heterocycles. The molecular formula is C20H36O11. The lowest BCUT2D eigenvalue weighted by Crippen LogP contribution is -2.63.